The number of guanidine groups is 1. The molecule has 0 saturated carbocycles. The maximum absolute atomic E-state index is 4.50. The maximum atomic E-state index is 4.50. The Morgan fingerprint density at radius 2 is 2.00 bits per heavy atom. The Labute approximate surface area is 156 Å². The molecule has 0 fully saturated rings. The number of hydrogen-bond donors (Lipinski definition) is 2. The zero-order valence-corrected chi connectivity index (χ0v) is 17.2. The summed E-state index contributed by atoms with van der Waals surface area (Å²) in [6.07, 6.45) is 4.80. The molecule has 2 heterocycles. The van der Waals surface area contributed by atoms with Crippen LogP contribution >= 0.6 is 0 Å². The fourth-order valence-corrected chi connectivity index (χ4v) is 3.13. The first-order valence-corrected chi connectivity index (χ1v) is 9.28. The quantitative estimate of drug-likeness (QED) is 0.587. The van der Waals surface area contributed by atoms with Gasteiger partial charge in [-0.15, -0.1) is 0 Å². The van der Waals surface area contributed by atoms with Gasteiger partial charge in [0.1, 0.15) is 5.82 Å². The molecule has 2 rings (SSSR count). The van der Waals surface area contributed by atoms with Crippen LogP contribution in [0.4, 0.5) is 0 Å². The molecule has 0 bridgehead atoms. The molecule has 0 aliphatic rings. The van der Waals surface area contributed by atoms with Crippen LogP contribution in [0.25, 0.3) is 0 Å². The molecule has 0 spiro atoms. The van der Waals surface area contributed by atoms with E-state index in [9.17, 15) is 0 Å². The van der Waals surface area contributed by atoms with E-state index in [2.05, 4.69) is 64.9 Å². The highest BCUT2D eigenvalue weighted by Crippen LogP contribution is 2.14. The zero-order valence-electron chi connectivity index (χ0n) is 17.2. The smallest absolute Gasteiger partial charge is 0.191 e. The van der Waals surface area contributed by atoms with Crippen molar-refractivity contribution in [3.63, 3.8) is 0 Å². The third kappa shape index (κ3) is 5.09. The average Bonchev–Trinajstić information content (AvgIpc) is 3.10. The highest BCUT2D eigenvalue weighted by Gasteiger charge is 2.14. The molecule has 0 radical (unpaired) electrons. The molecule has 2 aromatic rings. The summed E-state index contributed by atoms with van der Waals surface area (Å²) in [6, 6.07) is 0.248. The van der Waals surface area contributed by atoms with Crippen LogP contribution in [-0.4, -0.2) is 38.4 Å². The lowest BCUT2D eigenvalue weighted by atomic mass is 10.1. The Bertz CT molecular complexity index is 739. The molecule has 0 aliphatic carbocycles. The van der Waals surface area contributed by atoms with Crippen molar-refractivity contribution in [1.82, 2.24) is 30.0 Å². The van der Waals surface area contributed by atoms with Gasteiger partial charge >= 0.3 is 0 Å². The minimum Gasteiger partial charge on any atom is -0.354 e. The molecule has 1 atom stereocenters. The van der Waals surface area contributed by atoms with Gasteiger partial charge in [0.05, 0.1) is 12.2 Å². The Kier molecular flexibility index (Phi) is 6.83. The summed E-state index contributed by atoms with van der Waals surface area (Å²) in [6.45, 7) is 12.4. The van der Waals surface area contributed by atoms with Crippen molar-refractivity contribution in [2.45, 2.75) is 60.2 Å². The minimum atomic E-state index is 0.248. The summed E-state index contributed by atoms with van der Waals surface area (Å²) < 4.78 is 4.13. The van der Waals surface area contributed by atoms with E-state index in [0.717, 1.165) is 30.4 Å². The first-order chi connectivity index (χ1) is 12.3. The monoisotopic (exact) mass is 359 g/mol. The van der Waals surface area contributed by atoms with Crippen LogP contribution in [0.1, 0.15) is 43.5 Å². The molecule has 144 valence electrons. The molecule has 7 heteroatoms. The summed E-state index contributed by atoms with van der Waals surface area (Å²) >= 11 is 0. The van der Waals surface area contributed by atoms with E-state index in [1.165, 1.54) is 11.3 Å². The molecule has 0 aromatic carbocycles. The van der Waals surface area contributed by atoms with Gasteiger partial charge in [-0.3, -0.25) is 9.67 Å². The van der Waals surface area contributed by atoms with Gasteiger partial charge in [0.25, 0.3) is 0 Å². The maximum Gasteiger partial charge on any atom is 0.191 e. The number of nitrogens with zero attached hydrogens (tertiary/aromatic N) is 5. The molecular formula is C19H33N7. The number of aliphatic imine (C=N–C) groups is 1. The van der Waals surface area contributed by atoms with Gasteiger partial charge < -0.3 is 15.2 Å². The molecule has 0 saturated heterocycles. The first kappa shape index (κ1) is 20.0. The van der Waals surface area contributed by atoms with E-state index in [1.54, 1.807) is 7.05 Å². The third-order valence-corrected chi connectivity index (χ3v) is 4.55. The van der Waals surface area contributed by atoms with E-state index >= 15 is 0 Å². The second kappa shape index (κ2) is 8.87. The van der Waals surface area contributed by atoms with Gasteiger partial charge in [-0.1, -0.05) is 13.8 Å². The fourth-order valence-electron chi connectivity index (χ4n) is 3.13. The highest BCUT2D eigenvalue weighted by atomic mass is 15.3. The van der Waals surface area contributed by atoms with Gasteiger partial charge in [-0.25, -0.2) is 4.98 Å². The Hall–Kier alpha value is -2.31. The lowest BCUT2D eigenvalue weighted by molar-refractivity contribution is 0.503. The van der Waals surface area contributed by atoms with Gasteiger partial charge in [-0.05, 0) is 38.7 Å². The topological polar surface area (TPSA) is 72.1 Å². The van der Waals surface area contributed by atoms with Crippen molar-refractivity contribution >= 4 is 5.96 Å². The van der Waals surface area contributed by atoms with Crippen molar-refractivity contribution in [2.24, 2.45) is 18.0 Å². The molecule has 26 heavy (non-hydrogen) atoms. The second-order valence-corrected chi connectivity index (χ2v) is 7.34. The predicted octanol–water partition coefficient (Wildman–Crippen LogP) is 2.19. The summed E-state index contributed by atoms with van der Waals surface area (Å²) in [4.78, 5) is 8.80. The lowest BCUT2D eigenvalue weighted by Gasteiger charge is -2.18. The standard InChI is InChI=1S/C19H33N7/c1-13(2)12-26-9-8-21-18(26)11-22-19(20-6)23-14(3)10-17-15(4)24-25(7)16(17)5/h8-9,13-14H,10-12H2,1-7H3,(H2,20,22,23). The summed E-state index contributed by atoms with van der Waals surface area (Å²) in [7, 11) is 3.78. The van der Waals surface area contributed by atoms with Crippen LogP contribution in [0.2, 0.25) is 0 Å². The van der Waals surface area contributed by atoms with E-state index in [1.807, 2.05) is 24.1 Å². The van der Waals surface area contributed by atoms with E-state index in [0.29, 0.717) is 12.5 Å². The number of rotatable bonds is 7. The Balaban J connectivity index is 1.92. The van der Waals surface area contributed by atoms with Gasteiger partial charge in [0.15, 0.2) is 5.96 Å². The van der Waals surface area contributed by atoms with Crippen molar-refractivity contribution < 1.29 is 0 Å². The fraction of sp³-hybridized carbons (Fsp3) is 0.632. The molecule has 1 unspecified atom stereocenters. The van der Waals surface area contributed by atoms with Crippen molar-refractivity contribution in [2.75, 3.05) is 7.05 Å². The zero-order chi connectivity index (χ0) is 19.3. The van der Waals surface area contributed by atoms with Crippen LogP contribution in [0, 0.1) is 19.8 Å². The van der Waals surface area contributed by atoms with Gasteiger partial charge in [0.2, 0.25) is 0 Å². The van der Waals surface area contributed by atoms with Crippen molar-refractivity contribution in [3.05, 3.63) is 35.2 Å². The highest BCUT2D eigenvalue weighted by molar-refractivity contribution is 5.79. The number of nitrogens with one attached hydrogen (secondary N) is 2. The largest absolute Gasteiger partial charge is 0.354 e. The SMILES string of the molecule is CN=C(NCc1nccn1CC(C)C)NC(C)Cc1c(C)nn(C)c1C. The Morgan fingerprint density at radius 3 is 2.58 bits per heavy atom. The normalized spacial score (nSPS) is 13.3. The van der Waals surface area contributed by atoms with E-state index in [4.69, 9.17) is 0 Å². The summed E-state index contributed by atoms with van der Waals surface area (Å²) in [5, 5.41) is 11.3. The molecular weight excluding hydrogens is 326 g/mol. The van der Waals surface area contributed by atoms with Crippen molar-refractivity contribution in [1.29, 1.82) is 0 Å². The number of hydrogen-bond acceptors (Lipinski definition) is 3. The first-order valence-electron chi connectivity index (χ1n) is 9.28. The van der Waals surface area contributed by atoms with Gasteiger partial charge in [-0.2, -0.15) is 5.10 Å². The summed E-state index contributed by atoms with van der Waals surface area (Å²) in [5.74, 6) is 2.40. The molecule has 7 nitrogen and oxygen atoms in total. The number of aryl methyl sites for hydroxylation is 2. The van der Waals surface area contributed by atoms with E-state index in [-0.39, 0.29) is 6.04 Å². The molecule has 0 amide bonds. The van der Waals surface area contributed by atoms with Crippen LogP contribution in [0.5, 0.6) is 0 Å². The van der Waals surface area contributed by atoms with Crippen LogP contribution < -0.4 is 10.6 Å². The van der Waals surface area contributed by atoms with Gasteiger partial charge in [0, 0.05) is 44.8 Å². The minimum absolute atomic E-state index is 0.248. The average molecular weight is 360 g/mol. The molecule has 0 aliphatic heterocycles. The summed E-state index contributed by atoms with van der Waals surface area (Å²) in [5.41, 5.74) is 3.61. The van der Waals surface area contributed by atoms with Crippen molar-refractivity contribution in [3.8, 4) is 0 Å². The molecule has 2 aromatic heterocycles. The van der Waals surface area contributed by atoms with Crippen LogP contribution in [-0.2, 0) is 26.6 Å². The van der Waals surface area contributed by atoms with E-state index < -0.39 is 0 Å². The second-order valence-electron chi connectivity index (χ2n) is 7.34. The number of aromatic nitrogens is 4. The number of imidazole rings is 1. The third-order valence-electron chi connectivity index (χ3n) is 4.55. The molecule has 2 N–H and O–H groups in total. The lowest BCUT2D eigenvalue weighted by Crippen LogP contribution is -2.43. The Morgan fingerprint density at radius 1 is 1.27 bits per heavy atom. The predicted molar refractivity (Wildman–Crippen MR) is 106 cm³/mol. The van der Waals surface area contributed by atoms with Crippen LogP contribution in [0.15, 0.2) is 17.4 Å². The van der Waals surface area contributed by atoms with Crippen LogP contribution in [0.3, 0.4) is 0 Å².